The highest BCUT2D eigenvalue weighted by Crippen LogP contribution is 2.55. The maximum atomic E-state index is 16.5. The van der Waals surface area contributed by atoms with E-state index in [1.165, 1.54) is 0 Å². The fourth-order valence-corrected chi connectivity index (χ4v) is 12.8. The molecule has 0 aromatic carbocycles. The van der Waals surface area contributed by atoms with Crippen LogP contribution in [0.3, 0.4) is 0 Å². The number of rotatable bonds is 41. The minimum atomic E-state index is -1.98. The molecule has 0 fully saturated rings. The number of hydrogen-bond acceptors (Lipinski definition) is 18. The lowest BCUT2D eigenvalue weighted by Crippen LogP contribution is -2.51. The predicted molar refractivity (Wildman–Crippen MR) is 389 cm³/mol. The Balaban J connectivity index is 10.0. The first-order chi connectivity index (χ1) is 43.6. The molecule has 0 rings (SSSR count). The Kier molecular flexibility index (Phi) is 36.0. The fraction of sp³-hybridized carbons (Fsp3) is 0.925. The van der Waals surface area contributed by atoms with Gasteiger partial charge in [0.15, 0.2) is 0 Å². The molecule has 0 saturated heterocycles. The Morgan fingerprint density at radius 3 is 0.520 bits per heavy atom. The van der Waals surface area contributed by atoms with Crippen LogP contribution in [0.4, 0.5) is 0 Å². The van der Waals surface area contributed by atoms with Crippen LogP contribution in [0.1, 0.15) is 340 Å². The summed E-state index contributed by atoms with van der Waals surface area (Å²) in [6.07, 6.45) is -8.59. The zero-order chi connectivity index (χ0) is 77.4. The normalized spacial score (nSPS) is 18.4. The van der Waals surface area contributed by atoms with E-state index in [0.29, 0.717) is 12.8 Å². The van der Waals surface area contributed by atoms with Gasteiger partial charge < -0.3 is 56.8 Å². The zero-order valence-corrected chi connectivity index (χ0v) is 69.8. The molecule has 0 aliphatic heterocycles. The summed E-state index contributed by atoms with van der Waals surface area (Å²) in [5, 5.41) is 0. The quantitative estimate of drug-likeness (QED) is 0.0316. The summed E-state index contributed by atoms with van der Waals surface area (Å²) >= 11 is 0. The van der Waals surface area contributed by atoms with Crippen molar-refractivity contribution >= 4 is 35.8 Å². The van der Waals surface area contributed by atoms with Crippen LogP contribution >= 0.6 is 0 Å². The van der Waals surface area contributed by atoms with Crippen molar-refractivity contribution in [2.45, 2.75) is 415 Å². The third-order valence-corrected chi connectivity index (χ3v) is 16.4. The Hall–Kier alpha value is -3.42. The van der Waals surface area contributed by atoms with Crippen molar-refractivity contribution in [3.63, 3.8) is 0 Å². The summed E-state index contributed by atoms with van der Waals surface area (Å²) in [6, 6.07) is 0. The minimum Gasteiger partial charge on any atom is -0.435 e. The molecule has 0 saturated carbocycles. The van der Waals surface area contributed by atoms with Gasteiger partial charge in [-0.25, -0.2) is 0 Å². The molecule has 0 spiro atoms. The van der Waals surface area contributed by atoms with E-state index in [1.807, 2.05) is 215 Å². The van der Waals surface area contributed by atoms with Crippen molar-refractivity contribution in [1.29, 1.82) is 0 Å². The number of carbonyl (C=O) groups excluding carboxylic acids is 6. The van der Waals surface area contributed by atoms with Crippen molar-refractivity contribution in [3.05, 3.63) is 0 Å². The van der Waals surface area contributed by atoms with E-state index in [9.17, 15) is 0 Å². The van der Waals surface area contributed by atoms with Gasteiger partial charge in [-0.05, 0) is 203 Å². The summed E-state index contributed by atoms with van der Waals surface area (Å²) in [4.78, 5) is 95.8. The molecule has 98 heavy (non-hydrogen) atoms. The first kappa shape index (κ1) is 94.6. The molecule has 578 valence electrons. The van der Waals surface area contributed by atoms with Crippen LogP contribution in [-0.4, -0.2) is 110 Å². The van der Waals surface area contributed by atoms with Gasteiger partial charge in [-0.3, -0.25) is 28.8 Å². The van der Waals surface area contributed by atoms with Crippen LogP contribution in [0.25, 0.3) is 0 Å². The van der Waals surface area contributed by atoms with E-state index in [1.54, 1.807) is 48.5 Å². The molecule has 0 N–H and O–H groups in total. The zero-order valence-electron chi connectivity index (χ0n) is 69.8. The van der Waals surface area contributed by atoms with Crippen molar-refractivity contribution in [1.82, 2.24) is 0 Å². The lowest BCUT2D eigenvalue weighted by molar-refractivity contribution is -0.216. The lowest BCUT2D eigenvalue weighted by Gasteiger charge is -2.46. The molecule has 18 nitrogen and oxygen atoms in total. The summed E-state index contributed by atoms with van der Waals surface area (Å²) < 4.78 is 77.5. The first-order valence-corrected chi connectivity index (χ1v) is 36.8. The van der Waals surface area contributed by atoms with Gasteiger partial charge in [0.1, 0.15) is 0 Å². The van der Waals surface area contributed by atoms with E-state index >= 15 is 28.8 Å². The summed E-state index contributed by atoms with van der Waals surface area (Å²) in [7, 11) is 0. The van der Waals surface area contributed by atoms with Gasteiger partial charge in [-0.15, -0.1) is 0 Å². The van der Waals surface area contributed by atoms with Crippen molar-refractivity contribution in [2.24, 2.45) is 65.0 Å². The number of ether oxygens (including phenoxy) is 12. The van der Waals surface area contributed by atoms with Crippen LogP contribution in [0.15, 0.2) is 0 Å². The second kappa shape index (κ2) is 37.3. The third kappa shape index (κ3) is 37.7. The highest BCUT2D eigenvalue weighted by Gasteiger charge is 2.59. The van der Waals surface area contributed by atoms with E-state index in [4.69, 9.17) is 56.8 Å². The van der Waals surface area contributed by atoms with Gasteiger partial charge in [0.05, 0.1) is 69.1 Å². The van der Waals surface area contributed by atoms with Crippen LogP contribution in [-0.2, 0) is 85.6 Å². The van der Waals surface area contributed by atoms with E-state index in [2.05, 4.69) is 0 Å². The van der Waals surface area contributed by atoms with Crippen molar-refractivity contribution in [2.75, 3.05) is 0 Å². The largest absolute Gasteiger partial charge is 0.435 e. The maximum Gasteiger partial charge on any atom is 0.314 e. The molecule has 0 aromatic rings. The van der Waals surface area contributed by atoms with E-state index < -0.39 is 159 Å². The van der Waals surface area contributed by atoms with Crippen LogP contribution < -0.4 is 0 Å². The molecular formula is C80H150O18. The lowest BCUT2D eigenvalue weighted by atomic mass is 9.58. The first-order valence-electron chi connectivity index (χ1n) is 36.8. The third-order valence-electron chi connectivity index (χ3n) is 16.4. The van der Waals surface area contributed by atoms with E-state index in [-0.39, 0.29) is 80.2 Å². The van der Waals surface area contributed by atoms with Crippen LogP contribution in [0, 0.1) is 65.0 Å². The van der Waals surface area contributed by atoms with Gasteiger partial charge in [0.25, 0.3) is 0 Å². The molecule has 11 atom stereocenters. The summed E-state index contributed by atoms with van der Waals surface area (Å²) in [6.45, 7) is 71.9. The number of hydrogen-bond donors (Lipinski definition) is 0. The predicted octanol–water partition coefficient (Wildman–Crippen LogP) is 19.8. The second-order valence-electron chi connectivity index (χ2n) is 39.6. The number of carbonyl (C=O) groups is 6. The van der Waals surface area contributed by atoms with Crippen LogP contribution in [0.5, 0.6) is 0 Å². The summed E-state index contributed by atoms with van der Waals surface area (Å²) in [5.74, 6) is -4.60. The molecule has 0 heterocycles. The Morgan fingerprint density at radius 2 is 0.367 bits per heavy atom. The Bertz CT molecular complexity index is 2450. The highest BCUT2D eigenvalue weighted by atomic mass is 16.7. The molecule has 11 unspecified atom stereocenters. The average molecular weight is 1400 g/mol. The van der Waals surface area contributed by atoms with Crippen molar-refractivity contribution in [3.8, 4) is 0 Å². The van der Waals surface area contributed by atoms with Crippen LogP contribution in [0.2, 0.25) is 0 Å². The second-order valence-corrected chi connectivity index (χ2v) is 39.6. The smallest absolute Gasteiger partial charge is 0.314 e. The standard InChI is InChI=1S/C80H150O18/c1-39-76(34,64(82)94-58(88-52(4)5)41-70(17,18)19)47-78(36,66(84)96-60(90-54(8)9)43-72(23,24)25)49-80(38,68(86)98-62(92-56(12)13)45-74(29,30)31)50-79(37,67(85)97-61(91-55(10)11)44-73(26,27)28)48-77(35,65(83)95-59(89-53(6)7)42-71(20,21)22)46-75(32,33)63(81)93-57(87-51(2)3)40-69(14,15)16/h51-62H,39-50H2,1-38H3. The topological polar surface area (TPSA) is 213 Å². The molecule has 0 aliphatic carbocycles. The van der Waals surface area contributed by atoms with Gasteiger partial charge in [0.2, 0.25) is 37.7 Å². The molecule has 18 heteroatoms. The summed E-state index contributed by atoms with van der Waals surface area (Å²) in [5.41, 5.74) is -13.0. The van der Waals surface area contributed by atoms with E-state index in [0.717, 1.165) is 0 Å². The van der Waals surface area contributed by atoms with Gasteiger partial charge in [0, 0.05) is 38.5 Å². The van der Waals surface area contributed by atoms with Gasteiger partial charge in [-0.1, -0.05) is 132 Å². The SMILES string of the molecule is CCC(C)(CC(C)(CC(C)(CC(C)(CC(C)(CC(C)(C)C(=O)OC(CC(C)(C)C)OC(C)C)C(=O)OC(CC(C)(C)C)OC(C)C)C(=O)OC(CC(C)(C)C)OC(C)C)C(=O)OC(CC(C)(C)C)OC(C)C)C(=O)OC(CC(C)(C)C)OC(C)C)C(=O)OC(CC(C)(C)C)OC(C)C. The molecule has 0 radical (unpaired) electrons. The Labute approximate surface area is 598 Å². The fourth-order valence-electron chi connectivity index (χ4n) is 12.8. The molecule has 0 aliphatic rings. The average Bonchev–Trinajstić information content (AvgIpc) is 0.756. The molecule has 0 amide bonds. The molecule has 0 bridgehead atoms. The van der Waals surface area contributed by atoms with Gasteiger partial charge in [-0.2, -0.15) is 0 Å². The highest BCUT2D eigenvalue weighted by molar-refractivity contribution is 5.86. The number of esters is 6. The van der Waals surface area contributed by atoms with Gasteiger partial charge >= 0.3 is 35.8 Å². The molecule has 0 aromatic heterocycles. The molecular weight excluding hydrogens is 1250 g/mol. The minimum absolute atomic E-state index is 0.161. The monoisotopic (exact) mass is 1400 g/mol. The Morgan fingerprint density at radius 1 is 0.224 bits per heavy atom. The van der Waals surface area contributed by atoms with Crippen molar-refractivity contribution < 1.29 is 85.6 Å². The maximum absolute atomic E-state index is 16.5.